The molecule has 3 rings (SSSR count). The molecule has 3 aromatic rings. The fourth-order valence-electron chi connectivity index (χ4n) is 2.75. The second-order valence-electron chi connectivity index (χ2n) is 6.88. The Morgan fingerprint density at radius 3 is 2.55 bits per heavy atom. The zero-order valence-electron chi connectivity index (χ0n) is 16.5. The summed E-state index contributed by atoms with van der Waals surface area (Å²) < 4.78 is 13.5. The van der Waals surface area contributed by atoms with E-state index in [0.29, 0.717) is 23.9 Å². The summed E-state index contributed by atoms with van der Waals surface area (Å²) >= 11 is 0. The number of anilines is 2. The second-order valence-corrected chi connectivity index (χ2v) is 6.88. The van der Waals surface area contributed by atoms with Gasteiger partial charge in [-0.1, -0.05) is 36.4 Å². The molecular formula is C22H24FN5O. The molecule has 0 aliphatic heterocycles. The largest absolute Gasteiger partial charge is 0.351 e. The number of hydrogen-bond acceptors (Lipinski definition) is 5. The van der Waals surface area contributed by atoms with Crippen LogP contribution in [0, 0.1) is 5.82 Å². The van der Waals surface area contributed by atoms with E-state index in [1.165, 1.54) is 12.1 Å². The van der Waals surface area contributed by atoms with Gasteiger partial charge in [-0.2, -0.15) is 0 Å². The lowest BCUT2D eigenvalue weighted by Gasteiger charge is -2.12. The van der Waals surface area contributed by atoms with Gasteiger partial charge in [0.15, 0.2) is 5.82 Å². The molecular weight excluding hydrogens is 369 g/mol. The molecule has 0 aliphatic rings. The number of aromatic nitrogens is 2. The van der Waals surface area contributed by atoms with E-state index >= 15 is 0 Å². The van der Waals surface area contributed by atoms with Crippen LogP contribution in [-0.4, -0.2) is 48.0 Å². The van der Waals surface area contributed by atoms with E-state index in [4.69, 9.17) is 0 Å². The zero-order valence-corrected chi connectivity index (χ0v) is 16.5. The first kappa shape index (κ1) is 20.4. The van der Waals surface area contributed by atoms with Crippen molar-refractivity contribution < 1.29 is 9.18 Å². The third-order valence-corrected chi connectivity index (χ3v) is 4.16. The minimum absolute atomic E-state index is 0.252. The first-order valence-corrected chi connectivity index (χ1v) is 9.41. The zero-order chi connectivity index (χ0) is 20.6. The first-order chi connectivity index (χ1) is 14.0. The Hall–Kier alpha value is -3.32. The van der Waals surface area contributed by atoms with Crippen LogP contribution in [0.2, 0.25) is 0 Å². The Kier molecular flexibility index (Phi) is 6.86. The number of halogens is 1. The molecule has 0 radical (unpaired) electrons. The quantitative estimate of drug-likeness (QED) is 0.571. The van der Waals surface area contributed by atoms with Gasteiger partial charge in [-0.3, -0.25) is 4.79 Å². The highest BCUT2D eigenvalue weighted by atomic mass is 19.1. The fourth-order valence-corrected chi connectivity index (χ4v) is 2.75. The highest BCUT2D eigenvalue weighted by molar-refractivity contribution is 5.93. The van der Waals surface area contributed by atoms with Crippen LogP contribution in [0.15, 0.2) is 60.7 Å². The number of hydrogen-bond donors (Lipinski definition) is 2. The van der Waals surface area contributed by atoms with Crippen LogP contribution in [0.1, 0.15) is 16.9 Å². The monoisotopic (exact) mass is 393 g/mol. The molecule has 1 heterocycles. The summed E-state index contributed by atoms with van der Waals surface area (Å²) in [6, 6.07) is 17.1. The summed E-state index contributed by atoms with van der Waals surface area (Å²) in [6.45, 7) is 1.43. The van der Waals surface area contributed by atoms with Crippen LogP contribution in [0.4, 0.5) is 15.9 Å². The number of benzene rings is 2. The molecule has 0 atom stereocenters. The summed E-state index contributed by atoms with van der Waals surface area (Å²) in [7, 11) is 3.98. The van der Waals surface area contributed by atoms with Crippen molar-refractivity contribution in [3.05, 3.63) is 72.2 Å². The van der Waals surface area contributed by atoms with Crippen molar-refractivity contribution in [2.75, 3.05) is 32.5 Å². The van der Waals surface area contributed by atoms with Crippen molar-refractivity contribution in [1.29, 1.82) is 0 Å². The van der Waals surface area contributed by atoms with Crippen LogP contribution in [-0.2, 0) is 0 Å². The van der Waals surface area contributed by atoms with Gasteiger partial charge < -0.3 is 15.5 Å². The van der Waals surface area contributed by atoms with Gasteiger partial charge in [-0.15, -0.1) is 0 Å². The summed E-state index contributed by atoms with van der Waals surface area (Å²) in [6.07, 6.45) is 0.837. The van der Waals surface area contributed by atoms with Crippen LogP contribution in [0.25, 0.3) is 11.4 Å². The molecule has 2 N–H and O–H groups in total. The summed E-state index contributed by atoms with van der Waals surface area (Å²) in [5, 5.41) is 5.94. The fraction of sp³-hybridized carbons (Fsp3) is 0.227. The predicted molar refractivity (Wildman–Crippen MR) is 113 cm³/mol. The molecule has 0 saturated carbocycles. The van der Waals surface area contributed by atoms with Crippen molar-refractivity contribution >= 4 is 17.4 Å². The Morgan fingerprint density at radius 2 is 1.83 bits per heavy atom. The van der Waals surface area contributed by atoms with Gasteiger partial charge in [-0.25, -0.2) is 14.4 Å². The number of carbonyl (C=O) groups excluding carboxylic acids is 1. The van der Waals surface area contributed by atoms with Crippen molar-refractivity contribution in [1.82, 2.24) is 20.2 Å². The molecule has 1 aromatic heterocycles. The average Bonchev–Trinajstić information content (AvgIpc) is 2.71. The van der Waals surface area contributed by atoms with E-state index in [1.54, 1.807) is 18.2 Å². The standard InChI is InChI=1S/C22H24FN5O/c1-28(2)13-7-12-24-22(29)19-15-20(25-18-11-6-10-17(23)14-18)27-21(26-19)16-8-4-3-5-9-16/h3-6,8-11,14-15H,7,12-13H2,1-2H3,(H,24,29)(H,25,26,27). The minimum Gasteiger partial charge on any atom is -0.351 e. The van der Waals surface area contributed by atoms with Crippen LogP contribution < -0.4 is 10.6 Å². The molecule has 0 spiro atoms. The van der Waals surface area contributed by atoms with E-state index in [1.807, 2.05) is 44.4 Å². The lowest BCUT2D eigenvalue weighted by Crippen LogP contribution is -2.28. The van der Waals surface area contributed by atoms with E-state index in [2.05, 4.69) is 25.5 Å². The van der Waals surface area contributed by atoms with Gasteiger partial charge >= 0.3 is 0 Å². The Balaban J connectivity index is 1.85. The Morgan fingerprint density at radius 1 is 1.03 bits per heavy atom. The van der Waals surface area contributed by atoms with Gasteiger partial charge in [0.2, 0.25) is 0 Å². The van der Waals surface area contributed by atoms with Crippen molar-refractivity contribution in [2.24, 2.45) is 0 Å². The molecule has 0 fully saturated rings. The lowest BCUT2D eigenvalue weighted by atomic mass is 10.2. The van der Waals surface area contributed by atoms with Gasteiger partial charge in [0.25, 0.3) is 5.91 Å². The number of amides is 1. The Labute approximate surface area is 169 Å². The maximum atomic E-state index is 13.5. The van der Waals surface area contributed by atoms with Gasteiger partial charge in [0.1, 0.15) is 17.3 Å². The smallest absolute Gasteiger partial charge is 0.270 e. The maximum absolute atomic E-state index is 13.5. The number of nitrogens with one attached hydrogen (secondary N) is 2. The molecule has 0 saturated heterocycles. The van der Waals surface area contributed by atoms with Gasteiger partial charge in [-0.05, 0) is 45.3 Å². The van der Waals surface area contributed by atoms with Crippen LogP contribution >= 0.6 is 0 Å². The SMILES string of the molecule is CN(C)CCCNC(=O)c1cc(Nc2cccc(F)c2)nc(-c2ccccc2)n1. The third-order valence-electron chi connectivity index (χ3n) is 4.16. The lowest BCUT2D eigenvalue weighted by molar-refractivity contribution is 0.0947. The van der Waals surface area contributed by atoms with E-state index in [9.17, 15) is 9.18 Å². The van der Waals surface area contributed by atoms with Crippen molar-refractivity contribution in [3.63, 3.8) is 0 Å². The molecule has 7 heteroatoms. The van der Waals surface area contributed by atoms with Crippen molar-refractivity contribution in [2.45, 2.75) is 6.42 Å². The van der Waals surface area contributed by atoms with E-state index in [0.717, 1.165) is 18.5 Å². The average molecular weight is 393 g/mol. The highest BCUT2D eigenvalue weighted by Crippen LogP contribution is 2.21. The molecule has 2 aromatic carbocycles. The highest BCUT2D eigenvalue weighted by Gasteiger charge is 2.13. The van der Waals surface area contributed by atoms with Crippen molar-refractivity contribution in [3.8, 4) is 11.4 Å². The first-order valence-electron chi connectivity index (χ1n) is 9.41. The number of carbonyl (C=O) groups is 1. The van der Waals surface area contributed by atoms with Gasteiger partial charge in [0.05, 0.1) is 0 Å². The summed E-state index contributed by atoms with van der Waals surface area (Å²) in [4.78, 5) is 23.6. The topological polar surface area (TPSA) is 70.2 Å². The normalized spacial score (nSPS) is 10.8. The number of nitrogens with zero attached hydrogens (tertiary/aromatic N) is 3. The maximum Gasteiger partial charge on any atom is 0.270 e. The van der Waals surface area contributed by atoms with E-state index < -0.39 is 0 Å². The molecule has 29 heavy (non-hydrogen) atoms. The second kappa shape index (κ2) is 9.75. The molecule has 0 aliphatic carbocycles. The minimum atomic E-state index is -0.355. The molecule has 0 bridgehead atoms. The Bertz CT molecular complexity index is 962. The van der Waals surface area contributed by atoms with Crippen LogP contribution in [0.5, 0.6) is 0 Å². The molecule has 1 amide bonds. The summed E-state index contributed by atoms with van der Waals surface area (Å²) in [5.41, 5.74) is 1.58. The van der Waals surface area contributed by atoms with Gasteiger partial charge in [0, 0.05) is 23.9 Å². The third kappa shape index (κ3) is 6.08. The predicted octanol–water partition coefficient (Wildman–Crippen LogP) is 3.71. The molecule has 150 valence electrons. The number of rotatable bonds is 8. The summed E-state index contributed by atoms with van der Waals surface area (Å²) in [5.74, 6) is 0.213. The van der Waals surface area contributed by atoms with E-state index in [-0.39, 0.29) is 17.4 Å². The molecule has 0 unspecified atom stereocenters. The molecule has 6 nitrogen and oxygen atoms in total. The van der Waals surface area contributed by atoms with Crippen LogP contribution in [0.3, 0.4) is 0 Å².